The van der Waals surface area contributed by atoms with E-state index < -0.39 is 11.4 Å². The Hall–Kier alpha value is -2.90. The molecule has 0 fully saturated rings. The predicted molar refractivity (Wildman–Crippen MR) is 59.1 cm³/mol. The van der Waals surface area contributed by atoms with E-state index in [1.165, 1.54) is 0 Å². The Labute approximate surface area is 98.9 Å². The lowest BCUT2D eigenvalue weighted by Gasteiger charge is -1.96. The molecule has 0 aliphatic rings. The van der Waals surface area contributed by atoms with Gasteiger partial charge in [0, 0.05) is 6.20 Å². The molecule has 0 saturated carbocycles. The Morgan fingerprint density at radius 2 is 2.22 bits per heavy atom. The first-order chi connectivity index (χ1) is 8.68. The normalized spacial score (nSPS) is 10.9. The third-order valence-corrected chi connectivity index (χ3v) is 2.62. The number of nitrogens with zero attached hydrogens (tertiary/aromatic N) is 2. The molecule has 3 heterocycles. The minimum atomic E-state index is -1.29. The minimum absolute atomic E-state index is 0.0519. The van der Waals surface area contributed by atoms with Crippen LogP contribution in [-0.4, -0.2) is 31.4 Å². The molecule has 0 amide bonds. The maximum atomic E-state index is 12.0. The van der Waals surface area contributed by atoms with Crippen molar-refractivity contribution in [3.8, 4) is 11.3 Å². The van der Waals surface area contributed by atoms with Gasteiger partial charge >= 0.3 is 11.6 Å². The fraction of sp³-hybridized carbons (Fsp3) is 0. The zero-order valence-corrected chi connectivity index (χ0v) is 8.97. The maximum Gasteiger partial charge on any atom is 0.341 e. The van der Waals surface area contributed by atoms with E-state index in [1.807, 2.05) is 0 Å². The molecule has 0 radical (unpaired) electrons. The molecule has 0 aromatic carbocycles. The van der Waals surface area contributed by atoms with E-state index in [1.54, 1.807) is 23.1 Å². The van der Waals surface area contributed by atoms with Gasteiger partial charge in [-0.2, -0.15) is 5.10 Å². The lowest BCUT2D eigenvalue weighted by molar-refractivity contribution is -0.574. The summed E-state index contributed by atoms with van der Waals surface area (Å²) < 4.78 is 1.66. The number of nitrogens with one attached hydrogen (secondary N) is 3. The van der Waals surface area contributed by atoms with Crippen molar-refractivity contribution in [3.63, 3.8) is 0 Å². The highest BCUT2D eigenvalue weighted by molar-refractivity contribution is 5.88. The highest BCUT2D eigenvalue weighted by atomic mass is 16.4. The number of aromatic carboxylic acids is 1. The minimum Gasteiger partial charge on any atom is -0.477 e. The second kappa shape index (κ2) is 3.55. The van der Waals surface area contributed by atoms with Crippen LogP contribution in [0, 0.1) is 0 Å². The lowest BCUT2D eigenvalue weighted by atomic mass is 10.2. The average Bonchev–Trinajstić information content (AvgIpc) is 2.91. The molecule has 90 valence electrons. The fourth-order valence-electron chi connectivity index (χ4n) is 1.78. The summed E-state index contributed by atoms with van der Waals surface area (Å²) in [7, 11) is 0. The van der Waals surface area contributed by atoms with E-state index in [0.717, 1.165) is 6.20 Å². The molecule has 8 heteroatoms. The molecule has 3 rings (SSSR count). The summed E-state index contributed by atoms with van der Waals surface area (Å²) in [4.78, 5) is 25.8. The molecule has 4 N–H and O–H groups in total. The molecule has 0 bridgehead atoms. The fourth-order valence-corrected chi connectivity index (χ4v) is 1.78. The average molecular weight is 246 g/mol. The highest BCUT2D eigenvalue weighted by Gasteiger charge is 2.20. The van der Waals surface area contributed by atoms with Crippen LogP contribution in [0.1, 0.15) is 10.4 Å². The van der Waals surface area contributed by atoms with Gasteiger partial charge in [0.15, 0.2) is 6.20 Å². The van der Waals surface area contributed by atoms with Crippen LogP contribution in [0.5, 0.6) is 0 Å². The number of fused-ring (bicyclic) bond motifs is 1. The van der Waals surface area contributed by atoms with E-state index >= 15 is 0 Å². The van der Waals surface area contributed by atoms with Gasteiger partial charge in [-0.25, -0.2) is 14.9 Å². The summed E-state index contributed by atoms with van der Waals surface area (Å²) in [5.74, 6) is -1.29. The zero-order valence-electron chi connectivity index (χ0n) is 8.97. The van der Waals surface area contributed by atoms with Crippen LogP contribution >= 0.6 is 0 Å². The summed E-state index contributed by atoms with van der Waals surface area (Å²) >= 11 is 0. The molecular weight excluding hydrogens is 238 g/mol. The first kappa shape index (κ1) is 10.3. The van der Waals surface area contributed by atoms with Crippen LogP contribution < -0.4 is 9.94 Å². The van der Waals surface area contributed by atoms with Crippen molar-refractivity contribution in [2.45, 2.75) is 0 Å². The van der Waals surface area contributed by atoms with E-state index in [9.17, 15) is 9.59 Å². The van der Waals surface area contributed by atoms with Gasteiger partial charge in [0.05, 0.1) is 6.20 Å². The van der Waals surface area contributed by atoms with Gasteiger partial charge in [-0.05, 0) is 0 Å². The van der Waals surface area contributed by atoms with Gasteiger partial charge in [-0.1, -0.05) is 0 Å². The standard InChI is InChI=1S/C10H7N5O3/c16-8-6(10(17)18)3-12-14-7(8)5-4-13-15-2-1-11-9(5)15/h1-4H,(H3,11,12,13,14,16,17,18)/p+1. The molecule has 0 atom stereocenters. The number of carboxylic acids is 1. The van der Waals surface area contributed by atoms with E-state index in [-0.39, 0.29) is 11.3 Å². The predicted octanol–water partition coefficient (Wildman–Crippen LogP) is -0.470. The number of H-pyrrole nitrogens is 3. The number of aromatic nitrogens is 5. The van der Waals surface area contributed by atoms with Crippen LogP contribution in [0.2, 0.25) is 0 Å². The van der Waals surface area contributed by atoms with Crippen LogP contribution in [0.25, 0.3) is 16.9 Å². The molecular formula is C10H8N5O3+. The van der Waals surface area contributed by atoms with E-state index in [2.05, 4.69) is 20.3 Å². The molecule has 0 aliphatic carbocycles. The molecule has 18 heavy (non-hydrogen) atoms. The van der Waals surface area contributed by atoms with Crippen molar-refractivity contribution in [1.29, 1.82) is 0 Å². The first-order valence-corrected chi connectivity index (χ1v) is 5.06. The number of carbonyl (C=O) groups is 1. The van der Waals surface area contributed by atoms with Crippen LogP contribution in [0.3, 0.4) is 0 Å². The quantitative estimate of drug-likeness (QED) is 0.457. The van der Waals surface area contributed by atoms with Gasteiger partial charge < -0.3 is 5.11 Å². The molecule has 3 aromatic rings. The van der Waals surface area contributed by atoms with Gasteiger partial charge in [-0.3, -0.25) is 9.89 Å². The SMILES string of the molecule is O=C(O)c1c[nH]nc(-c2c[nH][n+]3cc[nH]c23)c1=O. The Morgan fingerprint density at radius 3 is 3.00 bits per heavy atom. The number of carboxylic acid groups (broad SMARTS) is 1. The van der Waals surface area contributed by atoms with Crippen LogP contribution in [0.4, 0.5) is 0 Å². The Morgan fingerprint density at radius 1 is 1.39 bits per heavy atom. The van der Waals surface area contributed by atoms with Crippen LogP contribution in [-0.2, 0) is 0 Å². The summed E-state index contributed by atoms with van der Waals surface area (Å²) in [6, 6.07) is 0. The largest absolute Gasteiger partial charge is 0.477 e. The molecule has 3 aromatic heterocycles. The van der Waals surface area contributed by atoms with Crippen molar-refractivity contribution >= 4 is 11.6 Å². The van der Waals surface area contributed by atoms with E-state index in [0.29, 0.717) is 11.2 Å². The number of aromatic amines is 3. The monoisotopic (exact) mass is 246 g/mol. The Kier molecular flexibility index (Phi) is 2.03. The van der Waals surface area contributed by atoms with Crippen molar-refractivity contribution in [2.24, 2.45) is 0 Å². The molecule has 8 nitrogen and oxygen atoms in total. The number of hydrogen-bond acceptors (Lipinski definition) is 3. The van der Waals surface area contributed by atoms with Gasteiger partial charge in [0.25, 0.3) is 0 Å². The Balaban J connectivity index is 2.31. The van der Waals surface area contributed by atoms with E-state index in [4.69, 9.17) is 5.11 Å². The van der Waals surface area contributed by atoms with Gasteiger partial charge in [0.1, 0.15) is 23.0 Å². The molecule has 0 unspecified atom stereocenters. The topological polar surface area (TPSA) is 119 Å². The van der Waals surface area contributed by atoms with Crippen molar-refractivity contribution in [3.05, 3.63) is 40.6 Å². The van der Waals surface area contributed by atoms with Crippen molar-refractivity contribution < 1.29 is 14.4 Å². The van der Waals surface area contributed by atoms with Gasteiger partial charge in [0.2, 0.25) is 5.43 Å². The second-order valence-electron chi connectivity index (χ2n) is 3.65. The summed E-state index contributed by atoms with van der Waals surface area (Å²) in [5, 5.41) is 18.0. The van der Waals surface area contributed by atoms with Gasteiger partial charge in [-0.15, -0.1) is 4.52 Å². The third-order valence-electron chi connectivity index (χ3n) is 2.62. The summed E-state index contributed by atoms with van der Waals surface area (Å²) in [5.41, 5.74) is 0.222. The zero-order chi connectivity index (χ0) is 12.7. The molecule has 0 spiro atoms. The Bertz CT molecular complexity index is 797. The first-order valence-electron chi connectivity index (χ1n) is 5.06. The summed E-state index contributed by atoms with van der Waals surface area (Å²) in [6.07, 6.45) is 6.06. The third kappa shape index (κ3) is 1.32. The number of hydrogen-bond donors (Lipinski definition) is 4. The number of rotatable bonds is 2. The highest BCUT2D eigenvalue weighted by Crippen LogP contribution is 2.14. The molecule has 0 saturated heterocycles. The van der Waals surface area contributed by atoms with Crippen molar-refractivity contribution in [1.82, 2.24) is 20.3 Å². The molecule has 0 aliphatic heterocycles. The van der Waals surface area contributed by atoms with Crippen molar-refractivity contribution in [2.75, 3.05) is 0 Å². The summed E-state index contributed by atoms with van der Waals surface area (Å²) in [6.45, 7) is 0. The van der Waals surface area contributed by atoms with Crippen LogP contribution in [0.15, 0.2) is 29.6 Å². The second-order valence-corrected chi connectivity index (χ2v) is 3.65. The maximum absolute atomic E-state index is 12.0. The lowest BCUT2D eigenvalue weighted by Crippen LogP contribution is -2.20. The number of imidazole rings is 1. The smallest absolute Gasteiger partial charge is 0.341 e.